The number of nitrogens with one attached hydrogen (secondary N) is 1. The van der Waals surface area contributed by atoms with Crippen molar-refractivity contribution in [2.45, 2.75) is 39.2 Å². The molecule has 0 aliphatic heterocycles. The van der Waals surface area contributed by atoms with E-state index in [0.29, 0.717) is 18.5 Å². The van der Waals surface area contributed by atoms with Gasteiger partial charge in [-0.1, -0.05) is 18.6 Å². The minimum Gasteiger partial charge on any atom is -0.481 e. The van der Waals surface area contributed by atoms with Gasteiger partial charge < -0.3 is 10.4 Å². The van der Waals surface area contributed by atoms with E-state index in [4.69, 9.17) is 0 Å². The molecule has 20 heavy (non-hydrogen) atoms. The summed E-state index contributed by atoms with van der Waals surface area (Å²) in [6.07, 6.45) is 2.09. The van der Waals surface area contributed by atoms with Crippen molar-refractivity contribution in [3.8, 4) is 0 Å². The molecule has 2 atom stereocenters. The molecule has 6 heteroatoms. The lowest BCUT2D eigenvalue weighted by molar-refractivity contribution is -0.384. The van der Waals surface area contributed by atoms with Gasteiger partial charge in [-0.05, 0) is 32.3 Å². The molecule has 2 rings (SSSR count). The topological polar surface area (TPSA) is 92.5 Å². The summed E-state index contributed by atoms with van der Waals surface area (Å²) in [5.74, 6) is -0.858. The molecule has 1 aromatic carbocycles. The fourth-order valence-corrected chi connectivity index (χ4v) is 2.82. The monoisotopic (exact) mass is 278 g/mol. The van der Waals surface area contributed by atoms with Crippen molar-refractivity contribution in [3.63, 3.8) is 0 Å². The minimum atomic E-state index is -0.879. The van der Waals surface area contributed by atoms with Crippen LogP contribution in [-0.4, -0.2) is 22.0 Å². The van der Waals surface area contributed by atoms with E-state index in [2.05, 4.69) is 5.32 Å². The van der Waals surface area contributed by atoms with Crippen LogP contribution in [0.4, 0.5) is 11.4 Å². The molecule has 0 saturated heterocycles. The highest BCUT2D eigenvalue weighted by Gasteiger charge is 2.45. The number of aliphatic carboxylic acids is 1. The second kappa shape index (κ2) is 5.11. The first kappa shape index (κ1) is 14.3. The van der Waals surface area contributed by atoms with E-state index in [9.17, 15) is 20.0 Å². The number of carbonyl (C=O) groups is 1. The van der Waals surface area contributed by atoms with Crippen LogP contribution in [-0.2, 0) is 4.79 Å². The molecular weight excluding hydrogens is 260 g/mol. The van der Waals surface area contributed by atoms with Gasteiger partial charge in [0, 0.05) is 12.1 Å². The zero-order valence-electron chi connectivity index (χ0n) is 11.5. The lowest BCUT2D eigenvalue weighted by Crippen LogP contribution is -2.40. The highest BCUT2D eigenvalue weighted by atomic mass is 16.6. The van der Waals surface area contributed by atoms with Gasteiger partial charge in [0.25, 0.3) is 5.69 Å². The largest absolute Gasteiger partial charge is 0.481 e. The molecular formula is C14H18N2O4. The van der Waals surface area contributed by atoms with Crippen LogP contribution in [0.1, 0.15) is 31.7 Å². The number of carboxylic acids is 1. The lowest BCUT2D eigenvalue weighted by atomic mass is 9.84. The Labute approximate surface area is 117 Å². The smallest absolute Gasteiger partial charge is 0.311 e. The summed E-state index contributed by atoms with van der Waals surface area (Å²) < 4.78 is 0. The highest BCUT2D eigenvalue weighted by Crippen LogP contribution is 2.41. The lowest BCUT2D eigenvalue weighted by Gasteiger charge is -2.29. The predicted octanol–water partition coefficient (Wildman–Crippen LogP) is 2.96. The van der Waals surface area contributed by atoms with E-state index < -0.39 is 16.3 Å². The summed E-state index contributed by atoms with van der Waals surface area (Å²) in [6.45, 7) is 3.48. The second-order valence-electron chi connectivity index (χ2n) is 5.54. The molecule has 2 N–H and O–H groups in total. The molecule has 108 valence electrons. The van der Waals surface area contributed by atoms with Gasteiger partial charge in [-0.15, -0.1) is 0 Å². The van der Waals surface area contributed by atoms with Gasteiger partial charge in [0.1, 0.15) is 5.69 Å². The van der Waals surface area contributed by atoms with Crippen LogP contribution in [0.25, 0.3) is 0 Å². The van der Waals surface area contributed by atoms with Gasteiger partial charge in [0.15, 0.2) is 0 Å². The third-order valence-corrected chi connectivity index (χ3v) is 4.21. The molecule has 1 saturated carbocycles. The quantitative estimate of drug-likeness (QED) is 0.652. The maximum absolute atomic E-state index is 11.5. The highest BCUT2D eigenvalue weighted by molar-refractivity contribution is 5.77. The average molecular weight is 278 g/mol. The van der Waals surface area contributed by atoms with Gasteiger partial charge in [-0.25, -0.2) is 0 Å². The molecule has 0 spiro atoms. The van der Waals surface area contributed by atoms with Crippen molar-refractivity contribution in [1.29, 1.82) is 0 Å². The summed E-state index contributed by atoms with van der Waals surface area (Å²) >= 11 is 0. The van der Waals surface area contributed by atoms with E-state index in [1.807, 2.05) is 0 Å². The number of rotatable bonds is 4. The minimum absolute atomic E-state index is 0.00959. The SMILES string of the molecule is Cc1cccc([N+](=O)[O-])c1NC1CCCC1(C)C(=O)O. The van der Waals surface area contributed by atoms with Crippen molar-refractivity contribution >= 4 is 17.3 Å². The van der Waals surface area contributed by atoms with Crippen molar-refractivity contribution < 1.29 is 14.8 Å². The van der Waals surface area contributed by atoms with Gasteiger partial charge in [0.2, 0.25) is 0 Å². The third-order valence-electron chi connectivity index (χ3n) is 4.21. The molecule has 0 radical (unpaired) electrons. The van der Waals surface area contributed by atoms with E-state index in [-0.39, 0.29) is 11.7 Å². The predicted molar refractivity (Wildman–Crippen MR) is 74.8 cm³/mol. The number of hydrogen-bond acceptors (Lipinski definition) is 4. The first-order valence-corrected chi connectivity index (χ1v) is 6.60. The molecule has 0 heterocycles. The summed E-state index contributed by atoms with van der Waals surface area (Å²) in [5.41, 5.74) is 0.288. The number of anilines is 1. The number of aryl methyl sites for hydroxylation is 1. The third kappa shape index (κ3) is 2.33. The van der Waals surface area contributed by atoms with Gasteiger partial charge in [-0.2, -0.15) is 0 Å². The normalized spacial score (nSPS) is 25.4. The Kier molecular flexibility index (Phi) is 3.65. The number of hydrogen-bond donors (Lipinski definition) is 2. The van der Waals surface area contributed by atoms with Crippen LogP contribution < -0.4 is 5.32 Å². The molecule has 0 amide bonds. The standard InChI is InChI=1S/C14H18N2O4/c1-9-5-3-6-10(16(19)20)12(9)15-11-7-4-8-14(11,2)13(17)18/h3,5-6,11,15H,4,7-8H2,1-2H3,(H,17,18). The zero-order valence-corrected chi connectivity index (χ0v) is 11.5. The average Bonchev–Trinajstić information content (AvgIpc) is 2.74. The van der Waals surface area contributed by atoms with Crippen molar-refractivity contribution in [2.24, 2.45) is 5.41 Å². The number of nitrogens with zero attached hydrogens (tertiary/aromatic N) is 1. The first-order chi connectivity index (χ1) is 9.36. The fraction of sp³-hybridized carbons (Fsp3) is 0.500. The number of nitro groups is 1. The molecule has 1 fully saturated rings. The van der Waals surface area contributed by atoms with Crippen molar-refractivity contribution in [1.82, 2.24) is 0 Å². The van der Waals surface area contributed by atoms with Crippen LogP contribution in [0, 0.1) is 22.5 Å². The molecule has 1 aliphatic rings. The maximum Gasteiger partial charge on any atom is 0.311 e. The van der Waals surface area contributed by atoms with E-state index in [0.717, 1.165) is 12.0 Å². The van der Waals surface area contributed by atoms with Crippen LogP contribution in [0.3, 0.4) is 0 Å². The molecule has 6 nitrogen and oxygen atoms in total. The van der Waals surface area contributed by atoms with Crippen LogP contribution >= 0.6 is 0 Å². The number of nitro benzene ring substituents is 1. The maximum atomic E-state index is 11.5. The van der Waals surface area contributed by atoms with E-state index in [1.54, 1.807) is 26.0 Å². The van der Waals surface area contributed by atoms with E-state index in [1.165, 1.54) is 6.07 Å². The Morgan fingerprint density at radius 2 is 2.25 bits per heavy atom. The molecule has 0 bridgehead atoms. The molecule has 0 aromatic heterocycles. The Morgan fingerprint density at radius 3 is 2.85 bits per heavy atom. The summed E-state index contributed by atoms with van der Waals surface area (Å²) in [5, 5.41) is 23.6. The molecule has 2 unspecified atom stereocenters. The Morgan fingerprint density at radius 1 is 1.55 bits per heavy atom. The Bertz CT molecular complexity index is 558. The van der Waals surface area contributed by atoms with Crippen molar-refractivity contribution in [3.05, 3.63) is 33.9 Å². The fourth-order valence-electron chi connectivity index (χ4n) is 2.82. The summed E-state index contributed by atoms with van der Waals surface area (Å²) in [6, 6.07) is 4.55. The van der Waals surface area contributed by atoms with Crippen LogP contribution in [0.15, 0.2) is 18.2 Å². The Balaban J connectivity index is 2.35. The summed E-state index contributed by atoms with van der Waals surface area (Å²) in [4.78, 5) is 22.1. The van der Waals surface area contributed by atoms with E-state index >= 15 is 0 Å². The van der Waals surface area contributed by atoms with Gasteiger partial charge >= 0.3 is 5.97 Å². The number of benzene rings is 1. The Hall–Kier alpha value is -2.11. The van der Waals surface area contributed by atoms with Crippen LogP contribution in [0.5, 0.6) is 0 Å². The van der Waals surface area contributed by atoms with Gasteiger partial charge in [0.05, 0.1) is 10.3 Å². The van der Waals surface area contributed by atoms with Crippen LogP contribution in [0.2, 0.25) is 0 Å². The number of carboxylic acid groups (broad SMARTS) is 1. The molecule has 1 aromatic rings. The summed E-state index contributed by atoms with van der Waals surface area (Å²) in [7, 11) is 0. The first-order valence-electron chi connectivity index (χ1n) is 6.60. The zero-order chi connectivity index (χ0) is 14.9. The van der Waals surface area contributed by atoms with Crippen molar-refractivity contribution in [2.75, 3.05) is 5.32 Å². The number of para-hydroxylation sites is 1. The van der Waals surface area contributed by atoms with Gasteiger partial charge in [-0.3, -0.25) is 14.9 Å². The second-order valence-corrected chi connectivity index (χ2v) is 5.54. The molecule has 1 aliphatic carbocycles.